The van der Waals surface area contributed by atoms with Crippen LogP contribution in [0.15, 0.2) is 49.1 Å². The number of aromatic nitrogens is 3. The summed E-state index contributed by atoms with van der Waals surface area (Å²) in [6, 6.07) is 15.4. The van der Waals surface area contributed by atoms with Crippen LogP contribution in [0.4, 0.5) is 0 Å². The van der Waals surface area contributed by atoms with Crippen molar-refractivity contribution in [2.24, 2.45) is 0 Å². The zero-order chi connectivity index (χ0) is 10.8. The Hall–Kier alpha value is -2.29. The molecule has 2 aromatic carbocycles. The Morgan fingerprint density at radius 3 is 2.56 bits per heavy atom. The van der Waals surface area contributed by atoms with E-state index >= 15 is 0 Å². The fraction of sp³-hybridized carbons (Fsp3) is 0. The molecule has 0 amide bonds. The van der Waals surface area contributed by atoms with Crippen molar-refractivity contribution in [2.45, 2.75) is 0 Å². The van der Waals surface area contributed by atoms with Gasteiger partial charge in [0.1, 0.15) is 12.7 Å². The maximum absolute atomic E-state index is 4.10. The number of hydrogen-bond acceptors (Lipinski definition) is 3. The monoisotopic (exact) mass is 206 g/mol. The van der Waals surface area contributed by atoms with Gasteiger partial charge in [-0.15, -0.1) is 0 Å². The van der Waals surface area contributed by atoms with Crippen LogP contribution in [0, 0.1) is 6.07 Å². The van der Waals surface area contributed by atoms with E-state index in [9.17, 15) is 0 Å². The van der Waals surface area contributed by atoms with Crippen molar-refractivity contribution in [2.75, 3.05) is 0 Å². The molecule has 3 nitrogen and oxygen atoms in total. The normalized spacial score (nSPS) is 10.5. The van der Waals surface area contributed by atoms with E-state index in [0.29, 0.717) is 5.82 Å². The number of fused-ring (bicyclic) bond motifs is 1. The molecule has 0 spiro atoms. The molecule has 0 saturated heterocycles. The van der Waals surface area contributed by atoms with Crippen molar-refractivity contribution in [1.82, 2.24) is 15.0 Å². The highest BCUT2D eigenvalue weighted by atomic mass is 15.0. The summed E-state index contributed by atoms with van der Waals surface area (Å²) < 4.78 is 0. The van der Waals surface area contributed by atoms with E-state index in [-0.39, 0.29) is 0 Å². The van der Waals surface area contributed by atoms with Gasteiger partial charge < -0.3 is 0 Å². The van der Waals surface area contributed by atoms with Crippen molar-refractivity contribution < 1.29 is 0 Å². The summed E-state index contributed by atoms with van der Waals surface area (Å²) in [4.78, 5) is 12.0. The van der Waals surface area contributed by atoms with Crippen LogP contribution in [-0.2, 0) is 0 Å². The first-order valence-electron chi connectivity index (χ1n) is 4.97. The lowest BCUT2D eigenvalue weighted by atomic mass is 10.1. The largest absolute Gasteiger partial charge is 0.225 e. The van der Waals surface area contributed by atoms with Crippen molar-refractivity contribution in [1.29, 1.82) is 0 Å². The Kier molecular flexibility index (Phi) is 2.07. The maximum Gasteiger partial charge on any atom is 0.163 e. The highest BCUT2D eigenvalue weighted by Crippen LogP contribution is 2.20. The van der Waals surface area contributed by atoms with E-state index < -0.39 is 0 Å². The van der Waals surface area contributed by atoms with Crippen molar-refractivity contribution in [3.05, 3.63) is 55.1 Å². The predicted molar refractivity (Wildman–Crippen MR) is 61.6 cm³/mol. The molecule has 0 N–H and O–H groups in total. The highest BCUT2D eigenvalue weighted by molar-refractivity contribution is 5.85. The molecular weight excluding hydrogens is 198 g/mol. The van der Waals surface area contributed by atoms with E-state index in [0.717, 1.165) is 10.9 Å². The van der Waals surface area contributed by atoms with Crippen LogP contribution in [0.3, 0.4) is 0 Å². The average Bonchev–Trinajstić information content (AvgIpc) is 2.39. The van der Waals surface area contributed by atoms with Gasteiger partial charge in [-0.3, -0.25) is 0 Å². The second-order valence-corrected chi connectivity index (χ2v) is 3.42. The molecule has 1 aromatic heterocycles. The first kappa shape index (κ1) is 8.97. The van der Waals surface area contributed by atoms with Gasteiger partial charge in [0.15, 0.2) is 5.82 Å². The molecule has 0 saturated carbocycles. The van der Waals surface area contributed by atoms with Crippen LogP contribution < -0.4 is 0 Å². The van der Waals surface area contributed by atoms with Gasteiger partial charge in [-0.2, -0.15) is 0 Å². The summed E-state index contributed by atoms with van der Waals surface area (Å²) in [5, 5.41) is 2.24. The molecule has 16 heavy (non-hydrogen) atoms. The standard InChI is InChI=1S/C13H8N3/c1-2-4-11-7-12(6-5-10(11)3-1)13-15-8-14-9-16-13/h1-6,8-9H. The van der Waals surface area contributed by atoms with Gasteiger partial charge in [0, 0.05) is 11.6 Å². The first-order valence-corrected chi connectivity index (χ1v) is 4.97. The zero-order valence-electron chi connectivity index (χ0n) is 8.46. The minimum Gasteiger partial charge on any atom is -0.225 e. The predicted octanol–water partition coefficient (Wildman–Crippen LogP) is 2.49. The van der Waals surface area contributed by atoms with E-state index in [1.807, 2.05) is 30.3 Å². The van der Waals surface area contributed by atoms with Crippen LogP contribution in [0.2, 0.25) is 0 Å². The SMILES string of the molecule is [c]1c(-c2ncncn2)ccc2ccccc12. The van der Waals surface area contributed by atoms with E-state index in [2.05, 4.69) is 27.1 Å². The Balaban J connectivity index is 2.19. The van der Waals surface area contributed by atoms with Gasteiger partial charge in [-0.1, -0.05) is 30.3 Å². The minimum absolute atomic E-state index is 0.653. The third-order valence-electron chi connectivity index (χ3n) is 2.39. The van der Waals surface area contributed by atoms with Gasteiger partial charge in [-0.25, -0.2) is 15.0 Å². The lowest BCUT2D eigenvalue weighted by Gasteiger charge is -2.00. The molecule has 0 fully saturated rings. The Morgan fingerprint density at radius 1 is 0.875 bits per heavy atom. The molecule has 1 heterocycles. The summed E-state index contributed by atoms with van der Waals surface area (Å²) in [6.07, 6.45) is 2.98. The molecule has 3 heteroatoms. The minimum atomic E-state index is 0.653. The molecular formula is C13H8N3. The number of rotatable bonds is 1. The summed E-state index contributed by atoms with van der Waals surface area (Å²) in [5.74, 6) is 0.653. The number of benzene rings is 2. The quantitative estimate of drug-likeness (QED) is 0.614. The summed E-state index contributed by atoms with van der Waals surface area (Å²) in [7, 11) is 0. The third kappa shape index (κ3) is 1.52. The smallest absolute Gasteiger partial charge is 0.163 e. The number of nitrogens with zero attached hydrogens (tertiary/aromatic N) is 3. The van der Waals surface area contributed by atoms with Crippen LogP contribution in [0.25, 0.3) is 22.2 Å². The topological polar surface area (TPSA) is 38.7 Å². The molecule has 0 aliphatic rings. The van der Waals surface area contributed by atoms with Crippen molar-refractivity contribution >= 4 is 10.8 Å². The fourth-order valence-electron chi connectivity index (χ4n) is 1.62. The molecule has 3 aromatic rings. The van der Waals surface area contributed by atoms with Crippen LogP contribution >= 0.6 is 0 Å². The molecule has 0 aliphatic carbocycles. The van der Waals surface area contributed by atoms with E-state index in [4.69, 9.17) is 0 Å². The van der Waals surface area contributed by atoms with Gasteiger partial charge in [0.25, 0.3) is 0 Å². The van der Waals surface area contributed by atoms with E-state index in [1.165, 1.54) is 18.0 Å². The molecule has 1 radical (unpaired) electrons. The van der Waals surface area contributed by atoms with Gasteiger partial charge in [-0.05, 0) is 16.8 Å². The van der Waals surface area contributed by atoms with Gasteiger partial charge >= 0.3 is 0 Å². The Bertz CT molecular complexity index is 620. The van der Waals surface area contributed by atoms with Gasteiger partial charge in [0.05, 0.1) is 0 Å². The van der Waals surface area contributed by atoms with Gasteiger partial charge in [0.2, 0.25) is 0 Å². The van der Waals surface area contributed by atoms with Crippen molar-refractivity contribution in [3.63, 3.8) is 0 Å². The summed E-state index contributed by atoms with van der Waals surface area (Å²) in [5.41, 5.74) is 0.890. The number of hydrogen-bond donors (Lipinski definition) is 0. The second kappa shape index (κ2) is 3.70. The molecule has 0 unspecified atom stereocenters. The average molecular weight is 206 g/mol. The summed E-state index contributed by atoms with van der Waals surface area (Å²) >= 11 is 0. The Morgan fingerprint density at radius 2 is 1.69 bits per heavy atom. The lowest BCUT2D eigenvalue weighted by Crippen LogP contribution is -1.89. The van der Waals surface area contributed by atoms with E-state index in [1.54, 1.807) is 0 Å². The molecule has 3 rings (SSSR count). The first-order chi connectivity index (χ1) is 7.93. The van der Waals surface area contributed by atoms with Crippen LogP contribution in [0.5, 0.6) is 0 Å². The molecule has 0 atom stereocenters. The summed E-state index contributed by atoms with van der Waals surface area (Å²) in [6.45, 7) is 0. The van der Waals surface area contributed by atoms with Crippen molar-refractivity contribution in [3.8, 4) is 11.4 Å². The maximum atomic E-state index is 4.10. The fourth-order valence-corrected chi connectivity index (χ4v) is 1.62. The molecule has 75 valence electrons. The third-order valence-corrected chi connectivity index (χ3v) is 2.39. The van der Waals surface area contributed by atoms with Crippen LogP contribution in [-0.4, -0.2) is 15.0 Å². The molecule has 0 aliphatic heterocycles. The Labute approximate surface area is 92.8 Å². The second-order valence-electron chi connectivity index (χ2n) is 3.42. The molecule has 0 bridgehead atoms. The highest BCUT2D eigenvalue weighted by Gasteiger charge is 2.01. The van der Waals surface area contributed by atoms with Crippen LogP contribution in [0.1, 0.15) is 0 Å². The lowest BCUT2D eigenvalue weighted by molar-refractivity contribution is 1.06. The zero-order valence-corrected chi connectivity index (χ0v) is 8.46.